The van der Waals surface area contributed by atoms with Gasteiger partial charge in [0.15, 0.2) is 0 Å². The highest BCUT2D eigenvalue weighted by Crippen LogP contribution is 2.49. The molecule has 0 atom stereocenters. The zero-order valence-corrected chi connectivity index (χ0v) is 13.5. The lowest BCUT2D eigenvalue weighted by Gasteiger charge is -2.18. The molecule has 0 spiro atoms. The molecule has 1 aromatic rings. The molecule has 2 N–H and O–H groups in total. The summed E-state index contributed by atoms with van der Waals surface area (Å²) < 4.78 is 1.10. The number of carboxylic acids is 1. The van der Waals surface area contributed by atoms with Crippen molar-refractivity contribution in [1.82, 2.24) is 5.32 Å². The van der Waals surface area contributed by atoms with Crippen LogP contribution in [0.15, 0.2) is 28.7 Å². The van der Waals surface area contributed by atoms with E-state index >= 15 is 0 Å². The Labute approximate surface area is 133 Å². The van der Waals surface area contributed by atoms with E-state index in [9.17, 15) is 9.59 Å². The highest BCUT2D eigenvalue weighted by molar-refractivity contribution is 9.10. The smallest absolute Gasteiger partial charge is 0.303 e. The number of hydrogen-bond acceptors (Lipinski definition) is 2. The van der Waals surface area contributed by atoms with Gasteiger partial charge in [-0.1, -0.05) is 34.1 Å². The van der Waals surface area contributed by atoms with Crippen LogP contribution in [0.5, 0.6) is 0 Å². The minimum absolute atomic E-state index is 0.0127. The number of hydrogen-bond donors (Lipinski definition) is 2. The Bertz CT molecular complexity index is 526. The molecule has 1 amide bonds. The van der Waals surface area contributed by atoms with Gasteiger partial charge in [0.2, 0.25) is 5.91 Å². The van der Waals surface area contributed by atoms with Gasteiger partial charge in [0.25, 0.3) is 0 Å². The van der Waals surface area contributed by atoms with E-state index in [-0.39, 0.29) is 17.7 Å². The molecule has 0 aliphatic heterocycles. The van der Waals surface area contributed by atoms with Crippen LogP contribution in [0.3, 0.4) is 0 Å². The maximum Gasteiger partial charge on any atom is 0.303 e. The molecule has 1 saturated carbocycles. The number of carbonyl (C=O) groups is 2. The van der Waals surface area contributed by atoms with Crippen LogP contribution >= 0.6 is 15.9 Å². The second kappa shape index (κ2) is 7.07. The van der Waals surface area contributed by atoms with Gasteiger partial charge in [0, 0.05) is 29.3 Å². The van der Waals surface area contributed by atoms with Gasteiger partial charge in [-0.2, -0.15) is 0 Å². The average molecular weight is 354 g/mol. The molecule has 1 aliphatic rings. The quantitative estimate of drug-likeness (QED) is 0.705. The Kier molecular flexibility index (Phi) is 5.39. The number of carboxylic acid groups (broad SMARTS) is 1. The van der Waals surface area contributed by atoms with Crippen LogP contribution in [-0.4, -0.2) is 23.5 Å². The first-order valence-corrected chi connectivity index (χ1v) is 8.06. The summed E-state index contributed by atoms with van der Waals surface area (Å²) in [5, 5.41) is 11.5. The molecule has 0 bridgehead atoms. The SMILES string of the molecule is O=C(O)CCCCC(=O)NCC1(c2ccccc2Br)CC1. The monoisotopic (exact) mass is 353 g/mol. The molecule has 0 saturated heterocycles. The molecule has 1 aromatic carbocycles. The first-order chi connectivity index (χ1) is 10.0. The van der Waals surface area contributed by atoms with E-state index in [1.54, 1.807) is 0 Å². The maximum atomic E-state index is 11.8. The zero-order chi connectivity index (χ0) is 15.3. The van der Waals surface area contributed by atoms with Gasteiger partial charge in [-0.15, -0.1) is 0 Å². The van der Waals surface area contributed by atoms with Gasteiger partial charge >= 0.3 is 5.97 Å². The van der Waals surface area contributed by atoms with Crippen molar-refractivity contribution in [3.05, 3.63) is 34.3 Å². The van der Waals surface area contributed by atoms with Crippen molar-refractivity contribution < 1.29 is 14.7 Å². The molecule has 1 aliphatic carbocycles. The van der Waals surface area contributed by atoms with Crippen molar-refractivity contribution in [1.29, 1.82) is 0 Å². The van der Waals surface area contributed by atoms with Crippen molar-refractivity contribution in [2.24, 2.45) is 0 Å². The average Bonchev–Trinajstić information content (AvgIpc) is 3.23. The first-order valence-electron chi connectivity index (χ1n) is 7.27. The fourth-order valence-corrected chi connectivity index (χ4v) is 3.21. The van der Waals surface area contributed by atoms with Crippen LogP contribution in [0.4, 0.5) is 0 Å². The van der Waals surface area contributed by atoms with Gasteiger partial charge in [-0.3, -0.25) is 9.59 Å². The largest absolute Gasteiger partial charge is 0.481 e. The Hall–Kier alpha value is -1.36. The number of halogens is 1. The second-order valence-electron chi connectivity index (χ2n) is 5.64. The molecule has 0 aromatic heterocycles. The molecule has 1 fully saturated rings. The van der Waals surface area contributed by atoms with Crippen molar-refractivity contribution in [2.75, 3.05) is 6.54 Å². The third-order valence-corrected chi connectivity index (χ3v) is 4.66. The minimum atomic E-state index is -0.804. The Morgan fingerprint density at radius 3 is 2.48 bits per heavy atom. The highest BCUT2D eigenvalue weighted by Gasteiger charge is 2.45. The van der Waals surface area contributed by atoms with Crippen molar-refractivity contribution in [3.63, 3.8) is 0 Å². The molecule has 0 radical (unpaired) electrons. The van der Waals surface area contributed by atoms with E-state index in [0.717, 1.165) is 17.3 Å². The second-order valence-corrected chi connectivity index (χ2v) is 6.49. The van der Waals surface area contributed by atoms with E-state index in [2.05, 4.69) is 27.3 Å². The standard InChI is InChI=1S/C16H20BrNO3/c17-13-6-2-1-5-12(13)16(9-10-16)11-18-14(19)7-3-4-8-15(20)21/h1-2,5-6H,3-4,7-11H2,(H,18,19)(H,20,21). The normalized spacial score (nSPS) is 15.5. The van der Waals surface area contributed by atoms with Crippen LogP contribution in [0.1, 0.15) is 44.1 Å². The molecular formula is C16H20BrNO3. The summed E-state index contributed by atoms with van der Waals surface area (Å²) in [6, 6.07) is 8.15. The number of unbranched alkanes of at least 4 members (excludes halogenated alkanes) is 1. The Balaban J connectivity index is 1.76. The minimum Gasteiger partial charge on any atom is -0.481 e. The van der Waals surface area contributed by atoms with Crippen molar-refractivity contribution in [3.8, 4) is 0 Å². The van der Waals surface area contributed by atoms with Crippen molar-refractivity contribution in [2.45, 2.75) is 43.9 Å². The molecule has 21 heavy (non-hydrogen) atoms. The van der Waals surface area contributed by atoms with E-state index in [1.807, 2.05) is 18.2 Å². The molecule has 0 heterocycles. The maximum absolute atomic E-state index is 11.8. The topological polar surface area (TPSA) is 66.4 Å². The molecule has 2 rings (SSSR count). The highest BCUT2D eigenvalue weighted by atomic mass is 79.9. The van der Waals surface area contributed by atoms with Crippen LogP contribution in [0, 0.1) is 0 Å². The van der Waals surface area contributed by atoms with Gasteiger partial charge in [-0.25, -0.2) is 0 Å². The molecule has 114 valence electrons. The third-order valence-electron chi connectivity index (χ3n) is 3.97. The predicted octanol–water partition coefficient (Wildman–Crippen LogP) is 3.24. The summed E-state index contributed by atoms with van der Waals surface area (Å²) in [6.07, 6.45) is 3.90. The van der Waals surface area contributed by atoms with Crippen LogP contribution in [-0.2, 0) is 15.0 Å². The number of rotatable bonds is 8. The molecular weight excluding hydrogens is 334 g/mol. The van der Waals surface area contributed by atoms with E-state index < -0.39 is 5.97 Å². The summed E-state index contributed by atoms with van der Waals surface area (Å²) in [5.74, 6) is -0.792. The number of amides is 1. The van der Waals surface area contributed by atoms with Crippen LogP contribution in [0.2, 0.25) is 0 Å². The summed E-state index contributed by atoms with van der Waals surface area (Å²) in [7, 11) is 0. The number of nitrogens with one attached hydrogen (secondary N) is 1. The number of aliphatic carboxylic acids is 1. The Morgan fingerprint density at radius 1 is 1.19 bits per heavy atom. The summed E-state index contributed by atoms with van der Waals surface area (Å²) in [5.41, 5.74) is 1.34. The lowest BCUT2D eigenvalue weighted by molar-refractivity contribution is -0.137. The van der Waals surface area contributed by atoms with Gasteiger partial charge in [0.1, 0.15) is 0 Å². The van der Waals surface area contributed by atoms with E-state index in [0.29, 0.717) is 25.8 Å². The number of carbonyl (C=O) groups excluding carboxylic acids is 1. The fraction of sp³-hybridized carbons (Fsp3) is 0.500. The fourth-order valence-electron chi connectivity index (χ4n) is 2.50. The van der Waals surface area contributed by atoms with Crippen LogP contribution < -0.4 is 5.32 Å². The number of benzene rings is 1. The van der Waals surface area contributed by atoms with E-state index in [4.69, 9.17) is 5.11 Å². The lowest BCUT2D eigenvalue weighted by Crippen LogP contribution is -2.32. The lowest BCUT2D eigenvalue weighted by atomic mass is 9.96. The third kappa shape index (κ3) is 4.56. The van der Waals surface area contributed by atoms with E-state index in [1.165, 1.54) is 5.56 Å². The Morgan fingerprint density at radius 2 is 1.86 bits per heavy atom. The predicted molar refractivity (Wildman–Crippen MR) is 84.2 cm³/mol. The summed E-state index contributed by atoms with van der Waals surface area (Å²) in [6.45, 7) is 0.660. The molecule has 0 unspecified atom stereocenters. The van der Waals surface area contributed by atoms with Crippen LogP contribution in [0.25, 0.3) is 0 Å². The van der Waals surface area contributed by atoms with Gasteiger partial charge in [0.05, 0.1) is 0 Å². The van der Waals surface area contributed by atoms with Crippen molar-refractivity contribution >= 4 is 27.8 Å². The van der Waals surface area contributed by atoms with Gasteiger partial charge < -0.3 is 10.4 Å². The molecule has 4 nitrogen and oxygen atoms in total. The van der Waals surface area contributed by atoms with Gasteiger partial charge in [-0.05, 0) is 37.3 Å². The summed E-state index contributed by atoms with van der Waals surface area (Å²) >= 11 is 3.58. The molecule has 5 heteroatoms. The zero-order valence-electron chi connectivity index (χ0n) is 11.9. The first kappa shape index (κ1) is 16.0. The summed E-state index contributed by atoms with van der Waals surface area (Å²) in [4.78, 5) is 22.2.